The number of pyridine rings is 1. The zero-order valence-corrected chi connectivity index (χ0v) is 11.6. The van der Waals surface area contributed by atoms with E-state index in [0.717, 1.165) is 0 Å². The molecule has 0 fully saturated rings. The molecule has 0 aliphatic heterocycles. The second-order valence-corrected chi connectivity index (χ2v) is 4.62. The fourth-order valence-electron chi connectivity index (χ4n) is 1.99. The fourth-order valence-corrected chi connectivity index (χ4v) is 2.24. The van der Waals surface area contributed by atoms with Crippen LogP contribution in [-0.4, -0.2) is 27.7 Å². The molecule has 0 aliphatic rings. The van der Waals surface area contributed by atoms with Crippen LogP contribution in [0.1, 0.15) is 10.4 Å². The highest BCUT2D eigenvalue weighted by atomic mass is 35.5. The van der Waals surface area contributed by atoms with Gasteiger partial charge in [0.05, 0.1) is 17.7 Å². The van der Waals surface area contributed by atoms with Gasteiger partial charge in [0.1, 0.15) is 11.4 Å². The third-order valence-corrected chi connectivity index (χ3v) is 3.27. The summed E-state index contributed by atoms with van der Waals surface area (Å²) in [5.41, 5.74) is 0.614. The van der Waals surface area contributed by atoms with Crippen molar-refractivity contribution >= 4 is 23.2 Å². The predicted molar refractivity (Wildman–Crippen MR) is 74.7 cm³/mol. The van der Waals surface area contributed by atoms with Crippen molar-refractivity contribution in [2.45, 2.75) is 0 Å². The Balaban J connectivity index is 2.25. The van der Waals surface area contributed by atoms with E-state index in [1.54, 1.807) is 24.4 Å². The highest BCUT2D eigenvalue weighted by molar-refractivity contribution is 6.33. The summed E-state index contributed by atoms with van der Waals surface area (Å²) in [6.45, 7) is 0. The summed E-state index contributed by atoms with van der Waals surface area (Å²) in [6, 6.07) is 7.50. The lowest BCUT2D eigenvalue weighted by atomic mass is 10.2. The van der Waals surface area contributed by atoms with Crippen molar-refractivity contribution < 1.29 is 13.9 Å². The summed E-state index contributed by atoms with van der Waals surface area (Å²) in [4.78, 5) is 15.9. The maximum atomic E-state index is 13.9. The molecule has 5 nitrogen and oxygen atoms in total. The monoisotopic (exact) mass is 305 g/mol. The number of halogens is 2. The maximum Gasteiger partial charge on any atom is 0.341 e. The molecule has 21 heavy (non-hydrogen) atoms. The van der Waals surface area contributed by atoms with E-state index in [-0.39, 0.29) is 27.6 Å². The minimum Gasteiger partial charge on any atom is -0.465 e. The van der Waals surface area contributed by atoms with Gasteiger partial charge in [-0.25, -0.2) is 18.7 Å². The first-order chi connectivity index (χ1) is 10.1. The Morgan fingerprint density at radius 1 is 1.33 bits per heavy atom. The summed E-state index contributed by atoms with van der Waals surface area (Å²) in [7, 11) is 1.27. The van der Waals surface area contributed by atoms with Crippen LogP contribution in [-0.2, 0) is 4.74 Å². The first kappa shape index (κ1) is 13.5. The molecule has 7 heteroatoms. The van der Waals surface area contributed by atoms with Crippen molar-refractivity contribution in [3.63, 3.8) is 0 Å². The highest BCUT2D eigenvalue weighted by Crippen LogP contribution is 2.28. The molecule has 3 rings (SSSR count). The predicted octanol–water partition coefficient (Wildman–Crippen LogP) is 2.98. The standard InChI is InChI=1S/C14H9ClFN3O2/c1-21-14(20)8-4-3-7-19-13(8)17-12(18-19)11-9(15)5-2-6-10(11)16/h2-7H,1H3. The summed E-state index contributed by atoms with van der Waals surface area (Å²) >= 11 is 6.00. The SMILES string of the molecule is COC(=O)c1cccn2nc(-c3c(F)cccc3Cl)nc12. The fraction of sp³-hybridized carbons (Fsp3) is 0.0714. The molecule has 0 aliphatic carbocycles. The molecule has 0 bridgehead atoms. The van der Waals surface area contributed by atoms with Crippen LogP contribution >= 0.6 is 11.6 Å². The van der Waals surface area contributed by atoms with Gasteiger partial charge >= 0.3 is 5.97 Å². The molecule has 106 valence electrons. The van der Waals surface area contributed by atoms with Gasteiger partial charge in [0.25, 0.3) is 0 Å². The Bertz CT molecular complexity index is 827. The van der Waals surface area contributed by atoms with Crippen LogP contribution in [0.15, 0.2) is 36.5 Å². The summed E-state index contributed by atoms with van der Waals surface area (Å²) in [5.74, 6) is -0.966. The molecule has 0 atom stereocenters. The van der Waals surface area contributed by atoms with Gasteiger partial charge in [0, 0.05) is 6.20 Å². The van der Waals surface area contributed by atoms with E-state index in [1.165, 1.54) is 23.8 Å². The summed E-state index contributed by atoms with van der Waals surface area (Å²) < 4.78 is 20.0. The largest absolute Gasteiger partial charge is 0.465 e. The van der Waals surface area contributed by atoms with E-state index >= 15 is 0 Å². The van der Waals surface area contributed by atoms with Gasteiger partial charge in [0.15, 0.2) is 11.5 Å². The number of rotatable bonds is 2. The molecular formula is C14H9ClFN3O2. The van der Waals surface area contributed by atoms with E-state index in [2.05, 4.69) is 14.8 Å². The Labute approximate surface area is 123 Å². The first-order valence-electron chi connectivity index (χ1n) is 6.00. The zero-order chi connectivity index (χ0) is 15.0. The van der Waals surface area contributed by atoms with Crippen LogP contribution in [0, 0.1) is 5.82 Å². The van der Waals surface area contributed by atoms with Gasteiger partial charge in [-0.05, 0) is 24.3 Å². The summed E-state index contributed by atoms with van der Waals surface area (Å²) in [5, 5.41) is 4.35. The lowest BCUT2D eigenvalue weighted by Gasteiger charge is -1.99. The second kappa shape index (κ2) is 5.14. The van der Waals surface area contributed by atoms with E-state index in [9.17, 15) is 9.18 Å². The number of esters is 1. The van der Waals surface area contributed by atoms with Gasteiger partial charge in [-0.3, -0.25) is 0 Å². The number of carbonyl (C=O) groups excluding carboxylic acids is 1. The molecule has 0 saturated carbocycles. The Hall–Kier alpha value is -2.47. The van der Waals surface area contributed by atoms with E-state index < -0.39 is 11.8 Å². The van der Waals surface area contributed by atoms with Crippen molar-refractivity contribution in [2.75, 3.05) is 7.11 Å². The molecule has 1 aromatic carbocycles. The van der Waals surface area contributed by atoms with Crippen molar-refractivity contribution in [2.24, 2.45) is 0 Å². The van der Waals surface area contributed by atoms with Gasteiger partial charge in [-0.15, -0.1) is 5.10 Å². The van der Waals surface area contributed by atoms with Crippen LogP contribution in [0.3, 0.4) is 0 Å². The van der Waals surface area contributed by atoms with Crippen LogP contribution in [0.5, 0.6) is 0 Å². The first-order valence-corrected chi connectivity index (χ1v) is 6.37. The topological polar surface area (TPSA) is 56.5 Å². The minimum atomic E-state index is -0.542. The zero-order valence-electron chi connectivity index (χ0n) is 10.9. The second-order valence-electron chi connectivity index (χ2n) is 4.21. The molecule has 2 heterocycles. The average molecular weight is 306 g/mol. The Kier molecular flexibility index (Phi) is 3.31. The van der Waals surface area contributed by atoms with Crippen molar-refractivity contribution in [1.82, 2.24) is 14.6 Å². The maximum absolute atomic E-state index is 13.9. The number of hydrogen-bond donors (Lipinski definition) is 0. The van der Waals surface area contributed by atoms with Crippen molar-refractivity contribution in [3.05, 3.63) is 52.9 Å². The molecule has 2 aromatic heterocycles. The lowest BCUT2D eigenvalue weighted by molar-refractivity contribution is 0.0602. The molecule has 0 N–H and O–H groups in total. The Morgan fingerprint density at radius 3 is 2.86 bits per heavy atom. The molecule has 3 aromatic rings. The van der Waals surface area contributed by atoms with Crippen LogP contribution < -0.4 is 0 Å². The average Bonchev–Trinajstić information content (AvgIpc) is 2.89. The number of carbonyl (C=O) groups is 1. The smallest absolute Gasteiger partial charge is 0.341 e. The van der Waals surface area contributed by atoms with Gasteiger partial charge in [-0.1, -0.05) is 17.7 Å². The number of fused-ring (bicyclic) bond motifs is 1. The van der Waals surface area contributed by atoms with E-state index in [1.807, 2.05) is 0 Å². The third-order valence-electron chi connectivity index (χ3n) is 2.95. The van der Waals surface area contributed by atoms with E-state index in [0.29, 0.717) is 0 Å². The number of methoxy groups -OCH3 is 1. The lowest BCUT2D eigenvalue weighted by Crippen LogP contribution is -2.04. The molecule has 0 spiro atoms. The van der Waals surface area contributed by atoms with Gasteiger partial charge < -0.3 is 4.74 Å². The van der Waals surface area contributed by atoms with E-state index in [4.69, 9.17) is 11.6 Å². The van der Waals surface area contributed by atoms with Crippen LogP contribution in [0.2, 0.25) is 5.02 Å². The van der Waals surface area contributed by atoms with Crippen molar-refractivity contribution in [3.8, 4) is 11.4 Å². The molecule has 0 saturated heterocycles. The molecular weight excluding hydrogens is 297 g/mol. The van der Waals surface area contributed by atoms with Gasteiger partial charge in [-0.2, -0.15) is 0 Å². The third kappa shape index (κ3) is 2.23. The molecule has 0 amide bonds. The molecule has 0 unspecified atom stereocenters. The number of aromatic nitrogens is 3. The highest BCUT2D eigenvalue weighted by Gasteiger charge is 2.18. The van der Waals surface area contributed by atoms with Gasteiger partial charge in [0.2, 0.25) is 0 Å². The summed E-state index contributed by atoms with van der Waals surface area (Å²) in [6.07, 6.45) is 1.60. The number of ether oxygens (including phenoxy) is 1. The van der Waals surface area contributed by atoms with Crippen LogP contribution in [0.25, 0.3) is 17.0 Å². The quantitative estimate of drug-likeness (QED) is 0.683. The molecule has 0 radical (unpaired) electrons. The number of benzene rings is 1. The minimum absolute atomic E-state index is 0.0960. The van der Waals surface area contributed by atoms with Crippen molar-refractivity contribution in [1.29, 1.82) is 0 Å². The normalized spacial score (nSPS) is 10.8. The number of nitrogens with zero attached hydrogens (tertiary/aromatic N) is 3. The number of hydrogen-bond acceptors (Lipinski definition) is 4. The Morgan fingerprint density at radius 2 is 2.14 bits per heavy atom. The van der Waals surface area contributed by atoms with Crippen LogP contribution in [0.4, 0.5) is 4.39 Å².